The smallest absolute Gasteiger partial charge is 0.339 e. The molecule has 8 nitrogen and oxygen atoms in total. The number of ether oxygens (including phenoxy) is 1. The average Bonchev–Trinajstić information content (AvgIpc) is 2.45. The van der Waals surface area contributed by atoms with Gasteiger partial charge in [-0.2, -0.15) is 0 Å². The third kappa shape index (κ3) is 3.86. The van der Waals surface area contributed by atoms with Crippen LogP contribution in [0.25, 0.3) is 10.4 Å². The quantitative estimate of drug-likeness (QED) is 0.395. The molecule has 2 unspecified atom stereocenters. The molecule has 0 aromatic heterocycles. The number of aliphatic hydroxyl groups excluding tert-OH is 2. The molecule has 0 aliphatic rings. The number of aliphatic hydroxyl groups is 2. The van der Waals surface area contributed by atoms with Crippen molar-refractivity contribution in [2.75, 3.05) is 13.7 Å². The summed E-state index contributed by atoms with van der Waals surface area (Å²) >= 11 is 0. The average molecular weight is 281 g/mol. The number of nitrogens with zero attached hydrogens (tertiary/aromatic N) is 3. The summed E-state index contributed by atoms with van der Waals surface area (Å²) in [4.78, 5) is 13.6. The van der Waals surface area contributed by atoms with Crippen molar-refractivity contribution < 1.29 is 24.9 Å². The molecule has 0 spiro atoms. The van der Waals surface area contributed by atoms with Gasteiger partial charge in [-0.05, 0) is 29.6 Å². The van der Waals surface area contributed by atoms with E-state index in [0.29, 0.717) is 0 Å². The molecule has 1 aromatic rings. The molecule has 2 atom stereocenters. The fourth-order valence-corrected chi connectivity index (χ4v) is 1.69. The summed E-state index contributed by atoms with van der Waals surface area (Å²) < 4.78 is 4.90. The van der Waals surface area contributed by atoms with Crippen LogP contribution in [0.2, 0.25) is 0 Å². The van der Waals surface area contributed by atoms with E-state index >= 15 is 0 Å². The SMILES string of the molecule is COc1ccc(C(O)C(O)CCN=[N+]=[N-])cc1C(=O)O. The number of hydrogen-bond donors (Lipinski definition) is 3. The summed E-state index contributed by atoms with van der Waals surface area (Å²) in [5.74, 6) is -1.03. The van der Waals surface area contributed by atoms with Crippen molar-refractivity contribution in [3.05, 3.63) is 39.8 Å². The molecule has 0 bridgehead atoms. The fraction of sp³-hybridized carbons (Fsp3) is 0.417. The maximum Gasteiger partial charge on any atom is 0.339 e. The van der Waals surface area contributed by atoms with Gasteiger partial charge in [0, 0.05) is 11.5 Å². The van der Waals surface area contributed by atoms with E-state index in [0.717, 1.165) is 0 Å². The van der Waals surface area contributed by atoms with Crippen LogP contribution in [0.5, 0.6) is 5.75 Å². The van der Waals surface area contributed by atoms with E-state index in [2.05, 4.69) is 10.0 Å². The molecule has 108 valence electrons. The lowest BCUT2D eigenvalue weighted by molar-refractivity contribution is 0.0149. The monoisotopic (exact) mass is 281 g/mol. The van der Waals surface area contributed by atoms with Crippen LogP contribution in [0.1, 0.15) is 28.4 Å². The van der Waals surface area contributed by atoms with Gasteiger partial charge in [0.2, 0.25) is 0 Å². The Balaban J connectivity index is 2.92. The highest BCUT2D eigenvalue weighted by Crippen LogP contribution is 2.26. The summed E-state index contributed by atoms with van der Waals surface area (Å²) in [6.07, 6.45) is -2.36. The molecule has 0 aliphatic carbocycles. The molecule has 0 fully saturated rings. The summed E-state index contributed by atoms with van der Waals surface area (Å²) in [5, 5.41) is 32.0. The molecular formula is C12H15N3O5. The van der Waals surface area contributed by atoms with Gasteiger partial charge in [-0.25, -0.2) is 4.79 Å². The van der Waals surface area contributed by atoms with Crippen LogP contribution in [0.3, 0.4) is 0 Å². The molecule has 1 aromatic carbocycles. The maximum atomic E-state index is 11.1. The minimum absolute atomic E-state index is 0.0384. The van der Waals surface area contributed by atoms with Crippen molar-refractivity contribution in [1.29, 1.82) is 0 Å². The van der Waals surface area contributed by atoms with Crippen LogP contribution in [0, 0.1) is 0 Å². The molecule has 20 heavy (non-hydrogen) atoms. The van der Waals surface area contributed by atoms with Gasteiger partial charge in [0.05, 0.1) is 13.2 Å². The molecule has 0 amide bonds. The zero-order chi connectivity index (χ0) is 15.1. The molecule has 0 saturated heterocycles. The Labute approximate surface area is 114 Å². The van der Waals surface area contributed by atoms with Gasteiger partial charge < -0.3 is 20.1 Å². The van der Waals surface area contributed by atoms with Crippen molar-refractivity contribution in [3.63, 3.8) is 0 Å². The topological polar surface area (TPSA) is 136 Å². The lowest BCUT2D eigenvalue weighted by atomic mass is 9.99. The van der Waals surface area contributed by atoms with Crippen molar-refractivity contribution in [3.8, 4) is 5.75 Å². The molecule has 0 heterocycles. The second-order valence-corrected chi connectivity index (χ2v) is 4.02. The number of carboxylic acid groups (broad SMARTS) is 1. The van der Waals surface area contributed by atoms with Crippen molar-refractivity contribution in [2.45, 2.75) is 18.6 Å². The second kappa shape index (κ2) is 7.34. The number of methoxy groups -OCH3 is 1. The standard InChI is InChI=1S/C12H15N3O5/c1-20-10-3-2-7(6-8(10)12(18)19)11(17)9(16)4-5-14-15-13/h2-3,6,9,11,16-17H,4-5H2,1H3,(H,18,19). The molecule has 8 heteroatoms. The third-order valence-corrected chi connectivity index (χ3v) is 2.75. The lowest BCUT2D eigenvalue weighted by Gasteiger charge is -2.18. The Hall–Kier alpha value is -2.28. The van der Waals surface area contributed by atoms with Crippen LogP contribution < -0.4 is 4.74 Å². The summed E-state index contributed by atoms with van der Waals surface area (Å²) in [6.45, 7) is 0.0384. The Morgan fingerprint density at radius 2 is 2.20 bits per heavy atom. The fourth-order valence-electron chi connectivity index (χ4n) is 1.69. The summed E-state index contributed by atoms with van der Waals surface area (Å²) in [6, 6.07) is 4.11. The molecule has 3 N–H and O–H groups in total. The Morgan fingerprint density at radius 3 is 2.75 bits per heavy atom. The van der Waals surface area contributed by atoms with Crippen LogP contribution in [0.4, 0.5) is 0 Å². The van der Waals surface area contributed by atoms with Gasteiger partial charge in [0.15, 0.2) is 0 Å². The van der Waals surface area contributed by atoms with Crippen LogP contribution in [0.15, 0.2) is 23.3 Å². The van der Waals surface area contributed by atoms with Gasteiger partial charge in [-0.3, -0.25) is 0 Å². The van der Waals surface area contributed by atoms with E-state index in [1.165, 1.54) is 25.3 Å². The Bertz CT molecular complexity index is 528. The number of aromatic carboxylic acids is 1. The third-order valence-electron chi connectivity index (χ3n) is 2.75. The molecule has 0 radical (unpaired) electrons. The highest BCUT2D eigenvalue weighted by atomic mass is 16.5. The predicted molar refractivity (Wildman–Crippen MR) is 69.5 cm³/mol. The first-order valence-corrected chi connectivity index (χ1v) is 5.79. The first-order valence-electron chi connectivity index (χ1n) is 5.79. The van der Waals surface area contributed by atoms with E-state index < -0.39 is 18.2 Å². The van der Waals surface area contributed by atoms with Crippen LogP contribution in [-0.2, 0) is 0 Å². The van der Waals surface area contributed by atoms with E-state index in [1.807, 2.05) is 0 Å². The van der Waals surface area contributed by atoms with Gasteiger partial charge >= 0.3 is 5.97 Å². The highest BCUT2D eigenvalue weighted by molar-refractivity contribution is 5.91. The van der Waals surface area contributed by atoms with Gasteiger partial charge in [0.1, 0.15) is 17.4 Å². The first-order chi connectivity index (χ1) is 9.51. The van der Waals surface area contributed by atoms with E-state index in [4.69, 9.17) is 15.4 Å². The molecular weight excluding hydrogens is 266 g/mol. The van der Waals surface area contributed by atoms with Crippen molar-refractivity contribution >= 4 is 5.97 Å². The molecule has 0 saturated carbocycles. The van der Waals surface area contributed by atoms with Gasteiger partial charge in [-0.15, -0.1) is 0 Å². The normalized spacial score (nSPS) is 13.2. The Kier molecular flexibility index (Phi) is 5.79. The lowest BCUT2D eigenvalue weighted by Crippen LogP contribution is -2.19. The summed E-state index contributed by atoms with van der Waals surface area (Å²) in [7, 11) is 1.34. The number of hydrogen-bond acceptors (Lipinski definition) is 5. The highest BCUT2D eigenvalue weighted by Gasteiger charge is 2.20. The number of carbonyl (C=O) groups is 1. The van der Waals surface area contributed by atoms with Crippen LogP contribution >= 0.6 is 0 Å². The number of carboxylic acids is 1. The van der Waals surface area contributed by atoms with Crippen molar-refractivity contribution in [2.24, 2.45) is 5.11 Å². The van der Waals surface area contributed by atoms with Crippen molar-refractivity contribution in [1.82, 2.24) is 0 Å². The van der Waals surface area contributed by atoms with E-state index in [-0.39, 0.29) is 29.8 Å². The second-order valence-electron chi connectivity index (χ2n) is 4.02. The number of rotatable bonds is 7. The molecule has 1 rings (SSSR count). The summed E-state index contributed by atoms with van der Waals surface area (Å²) in [5.41, 5.74) is 8.27. The minimum Gasteiger partial charge on any atom is -0.496 e. The number of benzene rings is 1. The molecule has 0 aliphatic heterocycles. The van der Waals surface area contributed by atoms with Crippen LogP contribution in [-0.4, -0.2) is 41.0 Å². The van der Waals surface area contributed by atoms with E-state index in [9.17, 15) is 15.0 Å². The Morgan fingerprint density at radius 1 is 1.50 bits per heavy atom. The van der Waals surface area contributed by atoms with E-state index in [1.54, 1.807) is 0 Å². The first kappa shape index (κ1) is 15.8. The van der Waals surface area contributed by atoms with Gasteiger partial charge in [-0.1, -0.05) is 11.2 Å². The minimum atomic E-state index is -1.27. The van der Waals surface area contributed by atoms with Gasteiger partial charge in [0.25, 0.3) is 0 Å². The largest absolute Gasteiger partial charge is 0.496 e. The number of azide groups is 1. The zero-order valence-electron chi connectivity index (χ0n) is 10.8. The predicted octanol–water partition coefficient (Wildman–Crippen LogP) is 1.49. The maximum absolute atomic E-state index is 11.1. The zero-order valence-corrected chi connectivity index (χ0v) is 10.8.